The maximum atomic E-state index is 5.19. The van der Waals surface area contributed by atoms with Crippen LogP contribution in [0.3, 0.4) is 0 Å². The fourth-order valence-electron chi connectivity index (χ4n) is 1.75. The molecule has 0 amide bonds. The molecule has 2 atom stereocenters. The van der Waals surface area contributed by atoms with Gasteiger partial charge >= 0.3 is 0 Å². The number of methoxy groups -OCH3 is 1. The van der Waals surface area contributed by atoms with Crippen LogP contribution in [0.5, 0.6) is 5.75 Å². The standard InChI is InChI=1S/C13H18OS4/c1-14-11-4-2-10(3-5-11)13-17-9-12(18-13)8-16-7-6-15/h2-5,12-13,15H,6-9H2,1H3. The molecule has 2 unspecified atom stereocenters. The van der Waals surface area contributed by atoms with Crippen molar-refractivity contribution in [3.05, 3.63) is 29.8 Å². The van der Waals surface area contributed by atoms with Crippen LogP contribution >= 0.6 is 47.9 Å². The van der Waals surface area contributed by atoms with E-state index in [1.165, 1.54) is 17.1 Å². The molecule has 1 aliphatic rings. The van der Waals surface area contributed by atoms with Gasteiger partial charge in [-0.25, -0.2) is 0 Å². The monoisotopic (exact) mass is 318 g/mol. The van der Waals surface area contributed by atoms with Crippen LogP contribution in [0.1, 0.15) is 10.1 Å². The summed E-state index contributed by atoms with van der Waals surface area (Å²) in [5, 5.41) is 0.784. The van der Waals surface area contributed by atoms with Gasteiger partial charge in [0.1, 0.15) is 5.75 Å². The molecule has 0 aromatic heterocycles. The highest BCUT2D eigenvalue weighted by Crippen LogP contribution is 2.50. The van der Waals surface area contributed by atoms with Gasteiger partial charge in [-0.15, -0.1) is 23.5 Å². The van der Waals surface area contributed by atoms with Crippen molar-refractivity contribution in [1.82, 2.24) is 0 Å². The molecule has 0 saturated carbocycles. The van der Waals surface area contributed by atoms with Crippen molar-refractivity contribution in [1.29, 1.82) is 0 Å². The van der Waals surface area contributed by atoms with E-state index in [2.05, 4.69) is 60.4 Å². The molecule has 0 spiro atoms. The third kappa shape index (κ3) is 4.22. The van der Waals surface area contributed by atoms with Crippen molar-refractivity contribution >= 4 is 47.9 Å². The number of thioether (sulfide) groups is 3. The summed E-state index contributed by atoms with van der Waals surface area (Å²) < 4.78 is 5.79. The molecule has 0 radical (unpaired) electrons. The summed E-state index contributed by atoms with van der Waals surface area (Å²) in [6, 6.07) is 8.48. The van der Waals surface area contributed by atoms with Gasteiger partial charge in [0.05, 0.1) is 11.7 Å². The maximum absolute atomic E-state index is 5.19. The zero-order valence-electron chi connectivity index (χ0n) is 10.4. The lowest BCUT2D eigenvalue weighted by Gasteiger charge is -2.11. The molecule has 0 bridgehead atoms. The van der Waals surface area contributed by atoms with E-state index in [1.54, 1.807) is 7.11 Å². The van der Waals surface area contributed by atoms with E-state index in [0.717, 1.165) is 22.5 Å². The van der Waals surface area contributed by atoms with Crippen LogP contribution in [0.25, 0.3) is 0 Å². The molecule has 1 saturated heterocycles. The summed E-state index contributed by atoms with van der Waals surface area (Å²) in [5.74, 6) is 5.61. The Kier molecular flexibility index (Phi) is 6.49. The van der Waals surface area contributed by atoms with Crippen LogP contribution in [0.2, 0.25) is 0 Å². The number of rotatable bonds is 6. The molecular formula is C13H18OS4. The normalized spacial score (nSPS) is 23.2. The third-order valence-electron chi connectivity index (χ3n) is 2.68. The van der Waals surface area contributed by atoms with Gasteiger partial charge in [0.15, 0.2) is 0 Å². The topological polar surface area (TPSA) is 9.23 Å². The van der Waals surface area contributed by atoms with Crippen molar-refractivity contribution < 1.29 is 4.74 Å². The fraction of sp³-hybridized carbons (Fsp3) is 0.538. The Labute approximate surface area is 128 Å². The molecule has 1 aromatic carbocycles. The van der Waals surface area contributed by atoms with E-state index in [1.807, 2.05) is 11.8 Å². The van der Waals surface area contributed by atoms with Crippen molar-refractivity contribution in [3.8, 4) is 5.75 Å². The minimum atomic E-state index is 0.595. The number of thiol groups is 1. The summed E-state index contributed by atoms with van der Waals surface area (Å²) >= 11 is 10.4. The first kappa shape index (κ1) is 14.8. The van der Waals surface area contributed by atoms with Crippen molar-refractivity contribution in [2.45, 2.75) is 9.83 Å². The van der Waals surface area contributed by atoms with Crippen LogP contribution < -0.4 is 4.74 Å². The first-order chi connectivity index (χ1) is 8.83. The van der Waals surface area contributed by atoms with E-state index in [4.69, 9.17) is 4.74 Å². The summed E-state index contributed by atoms with van der Waals surface area (Å²) in [4.78, 5) is 0. The number of hydrogen-bond donors (Lipinski definition) is 1. The highest BCUT2D eigenvalue weighted by atomic mass is 32.2. The SMILES string of the molecule is COc1ccc(C2SCC(CSCCS)S2)cc1. The van der Waals surface area contributed by atoms with Crippen molar-refractivity contribution in [3.63, 3.8) is 0 Å². The van der Waals surface area contributed by atoms with Crippen LogP contribution in [0.15, 0.2) is 24.3 Å². The predicted octanol–water partition coefficient (Wildman–Crippen LogP) is 4.21. The molecule has 2 rings (SSSR count). The second-order valence-corrected chi connectivity index (χ2v) is 8.44. The Hall–Kier alpha value is 0.420. The highest BCUT2D eigenvalue weighted by molar-refractivity contribution is 8.20. The van der Waals surface area contributed by atoms with Crippen molar-refractivity contribution in [2.24, 2.45) is 0 Å². The fourth-order valence-corrected chi connectivity index (χ4v) is 6.66. The number of ether oxygens (including phenoxy) is 1. The first-order valence-electron chi connectivity index (χ1n) is 5.93. The lowest BCUT2D eigenvalue weighted by atomic mass is 10.2. The van der Waals surface area contributed by atoms with E-state index in [9.17, 15) is 0 Å². The largest absolute Gasteiger partial charge is 0.497 e. The number of benzene rings is 1. The smallest absolute Gasteiger partial charge is 0.118 e. The third-order valence-corrected chi connectivity index (χ3v) is 7.90. The van der Waals surface area contributed by atoms with Gasteiger partial charge < -0.3 is 4.74 Å². The minimum absolute atomic E-state index is 0.595. The Morgan fingerprint density at radius 1 is 1.39 bits per heavy atom. The number of hydrogen-bond acceptors (Lipinski definition) is 5. The summed E-state index contributed by atoms with van der Waals surface area (Å²) in [6.07, 6.45) is 0. The van der Waals surface area contributed by atoms with Gasteiger partial charge in [0.25, 0.3) is 0 Å². The minimum Gasteiger partial charge on any atom is -0.497 e. The molecule has 1 aliphatic heterocycles. The van der Waals surface area contributed by atoms with Gasteiger partial charge in [0.2, 0.25) is 0 Å². The second kappa shape index (κ2) is 7.88. The van der Waals surface area contributed by atoms with Gasteiger partial charge in [-0.05, 0) is 23.4 Å². The molecule has 5 heteroatoms. The summed E-state index contributed by atoms with van der Waals surface area (Å²) in [6.45, 7) is 0. The van der Waals surface area contributed by atoms with E-state index in [-0.39, 0.29) is 0 Å². The average molecular weight is 319 g/mol. The lowest BCUT2D eigenvalue weighted by Crippen LogP contribution is -2.05. The Morgan fingerprint density at radius 3 is 2.83 bits per heavy atom. The molecule has 1 heterocycles. The van der Waals surface area contributed by atoms with Crippen molar-refractivity contribution in [2.75, 3.05) is 30.1 Å². The van der Waals surface area contributed by atoms with Gasteiger partial charge in [-0.1, -0.05) is 12.1 Å². The van der Waals surface area contributed by atoms with Crippen LogP contribution in [0, 0.1) is 0 Å². The quantitative estimate of drug-likeness (QED) is 0.621. The molecule has 1 aromatic rings. The molecule has 1 fully saturated rings. The zero-order chi connectivity index (χ0) is 12.8. The lowest BCUT2D eigenvalue weighted by molar-refractivity contribution is 0.414. The van der Waals surface area contributed by atoms with E-state index < -0.39 is 0 Å². The summed E-state index contributed by atoms with van der Waals surface area (Å²) in [5.41, 5.74) is 1.41. The molecule has 1 nitrogen and oxygen atoms in total. The van der Waals surface area contributed by atoms with Crippen LogP contribution in [-0.2, 0) is 0 Å². The predicted molar refractivity (Wildman–Crippen MR) is 90.8 cm³/mol. The molecular weight excluding hydrogens is 300 g/mol. The Morgan fingerprint density at radius 2 is 2.17 bits per heavy atom. The first-order valence-corrected chi connectivity index (χ1v) is 9.71. The molecule has 0 aliphatic carbocycles. The van der Waals surface area contributed by atoms with E-state index in [0.29, 0.717) is 4.58 Å². The zero-order valence-corrected chi connectivity index (χ0v) is 13.7. The van der Waals surface area contributed by atoms with Gasteiger partial charge in [-0.3, -0.25) is 0 Å². The highest BCUT2D eigenvalue weighted by Gasteiger charge is 2.26. The molecule has 0 N–H and O–H groups in total. The molecule has 100 valence electrons. The average Bonchev–Trinajstić information content (AvgIpc) is 2.88. The summed E-state index contributed by atoms with van der Waals surface area (Å²) in [7, 11) is 1.71. The van der Waals surface area contributed by atoms with Gasteiger partial charge in [0, 0.05) is 22.5 Å². The van der Waals surface area contributed by atoms with Gasteiger partial charge in [-0.2, -0.15) is 24.4 Å². The van der Waals surface area contributed by atoms with Crippen LogP contribution in [-0.4, -0.2) is 35.4 Å². The van der Waals surface area contributed by atoms with Crippen LogP contribution in [0.4, 0.5) is 0 Å². The maximum Gasteiger partial charge on any atom is 0.118 e. The Bertz CT molecular complexity index is 355. The Balaban J connectivity index is 1.83. The van der Waals surface area contributed by atoms with E-state index >= 15 is 0 Å². The molecule has 18 heavy (non-hydrogen) atoms. The second-order valence-electron chi connectivity index (χ2n) is 4.00.